The van der Waals surface area contributed by atoms with Crippen molar-refractivity contribution in [3.05, 3.63) is 68.8 Å². The number of ether oxygens (including phenoxy) is 1. The van der Waals surface area contributed by atoms with E-state index in [1.165, 1.54) is 5.56 Å². The van der Waals surface area contributed by atoms with Gasteiger partial charge in [0.05, 0.1) is 34.2 Å². The number of hydrogen-bond acceptors (Lipinski definition) is 3. The molecule has 5 nitrogen and oxygen atoms in total. The zero-order valence-electron chi connectivity index (χ0n) is 13.8. The lowest BCUT2D eigenvalue weighted by molar-refractivity contribution is 0.412. The van der Waals surface area contributed by atoms with Gasteiger partial charge in [0.15, 0.2) is 0 Å². The van der Waals surface area contributed by atoms with Crippen LogP contribution in [0.4, 0.5) is 0 Å². The van der Waals surface area contributed by atoms with Gasteiger partial charge in [0.25, 0.3) is 0 Å². The summed E-state index contributed by atoms with van der Waals surface area (Å²) in [6, 6.07) is 7.95. The Morgan fingerprint density at radius 1 is 1.17 bits per heavy atom. The molecule has 5 heteroatoms. The van der Waals surface area contributed by atoms with Crippen molar-refractivity contribution in [1.82, 2.24) is 15.0 Å². The van der Waals surface area contributed by atoms with Gasteiger partial charge in [0.1, 0.15) is 5.75 Å². The second kappa shape index (κ2) is 5.53. The Bertz CT molecular complexity index is 1130. The van der Waals surface area contributed by atoms with E-state index in [-0.39, 0.29) is 0 Å². The molecule has 0 radical (unpaired) electrons. The highest BCUT2D eigenvalue weighted by molar-refractivity contribution is 5.76. The molecular formula is C19H18N4O. The van der Waals surface area contributed by atoms with Crippen molar-refractivity contribution in [2.45, 2.75) is 13.8 Å². The van der Waals surface area contributed by atoms with Crippen LogP contribution >= 0.6 is 0 Å². The summed E-state index contributed by atoms with van der Waals surface area (Å²) < 4.78 is 5.52. The molecule has 120 valence electrons. The summed E-state index contributed by atoms with van der Waals surface area (Å²) in [5, 5.41) is 3.61. The van der Waals surface area contributed by atoms with Crippen LogP contribution in [-0.4, -0.2) is 22.1 Å². The zero-order valence-corrected chi connectivity index (χ0v) is 13.8. The van der Waals surface area contributed by atoms with Gasteiger partial charge in [-0.3, -0.25) is 4.98 Å². The highest BCUT2D eigenvalue weighted by Gasteiger charge is 2.07. The van der Waals surface area contributed by atoms with Crippen LogP contribution in [0.5, 0.6) is 5.75 Å². The molecule has 4 rings (SSSR count). The Balaban J connectivity index is 1.93. The van der Waals surface area contributed by atoms with Crippen molar-refractivity contribution in [3.8, 4) is 5.75 Å². The molecular weight excluding hydrogens is 300 g/mol. The van der Waals surface area contributed by atoms with E-state index in [2.05, 4.69) is 39.0 Å². The number of nitrogens with zero attached hydrogens (tertiary/aromatic N) is 2. The molecule has 0 aliphatic carbocycles. The van der Waals surface area contributed by atoms with Crippen LogP contribution in [0, 0.1) is 13.8 Å². The molecule has 1 aliphatic heterocycles. The van der Waals surface area contributed by atoms with Gasteiger partial charge in [-0.15, -0.1) is 0 Å². The van der Waals surface area contributed by atoms with Crippen LogP contribution in [0.2, 0.25) is 0 Å². The Labute approximate surface area is 138 Å². The minimum atomic E-state index is 0.789. The van der Waals surface area contributed by atoms with E-state index >= 15 is 0 Å². The molecule has 24 heavy (non-hydrogen) atoms. The number of aromatic amines is 2. The second-order valence-electron chi connectivity index (χ2n) is 5.91. The third kappa shape index (κ3) is 2.44. The highest BCUT2D eigenvalue weighted by atomic mass is 16.5. The van der Waals surface area contributed by atoms with E-state index in [0.717, 1.165) is 44.2 Å². The first-order valence-corrected chi connectivity index (χ1v) is 7.81. The lowest BCUT2D eigenvalue weighted by Crippen LogP contribution is -2.23. The maximum Gasteiger partial charge on any atom is 0.144 e. The Morgan fingerprint density at radius 3 is 2.75 bits per heavy atom. The average Bonchev–Trinajstić information content (AvgIpc) is 3.24. The molecule has 0 unspecified atom stereocenters. The van der Waals surface area contributed by atoms with E-state index in [1.54, 1.807) is 13.3 Å². The Morgan fingerprint density at radius 2 is 2.04 bits per heavy atom. The van der Waals surface area contributed by atoms with Gasteiger partial charge in [-0.05, 0) is 49.8 Å². The van der Waals surface area contributed by atoms with E-state index in [4.69, 9.17) is 4.74 Å². The van der Waals surface area contributed by atoms with Gasteiger partial charge in [-0.1, -0.05) is 0 Å². The summed E-state index contributed by atoms with van der Waals surface area (Å²) in [7, 11) is 1.67. The fourth-order valence-electron chi connectivity index (χ4n) is 2.95. The molecule has 2 N–H and O–H groups in total. The largest absolute Gasteiger partial charge is 0.494 e. The normalized spacial score (nSPS) is 15.9. The number of methoxy groups -OCH3 is 1. The number of nitrogens with one attached hydrogen (secondary N) is 2. The van der Waals surface area contributed by atoms with E-state index in [0.29, 0.717) is 0 Å². The quantitative estimate of drug-likeness (QED) is 0.719. The number of rotatable bonds is 2. The van der Waals surface area contributed by atoms with E-state index < -0.39 is 0 Å². The first kappa shape index (κ1) is 14.5. The standard InChI is InChI=1S/C19H18N4O/c1-11-7-12(2)21-14(11)8-18-19(24-3)10-17(23-18)16-9-15-13(22-16)5-4-6-20-15/h4-10,21,23H,1-3H3. The van der Waals surface area contributed by atoms with Gasteiger partial charge in [0.2, 0.25) is 0 Å². The molecule has 1 aliphatic rings. The fraction of sp³-hybridized carbons (Fsp3) is 0.158. The highest BCUT2D eigenvalue weighted by Crippen LogP contribution is 2.10. The number of aromatic nitrogens is 3. The number of pyridine rings is 1. The lowest BCUT2D eigenvalue weighted by Gasteiger charge is -1.94. The lowest BCUT2D eigenvalue weighted by atomic mass is 10.2. The van der Waals surface area contributed by atoms with Gasteiger partial charge in [0, 0.05) is 23.7 Å². The molecule has 3 aromatic heterocycles. The molecule has 0 fully saturated rings. The van der Waals surface area contributed by atoms with Crippen LogP contribution in [0.15, 0.2) is 35.5 Å². The number of aryl methyl sites for hydroxylation is 2. The van der Waals surface area contributed by atoms with Gasteiger partial charge < -0.3 is 14.7 Å². The summed E-state index contributed by atoms with van der Waals surface area (Å²) in [5.41, 5.74) is 4.27. The average molecular weight is 318 g/mol. The van der Waals surface area contributed by atoms with Crippen LogP contribution in [-0.2, 0) is 0 Å². The smallest absolute Gasteiger partial charge is 0.144 e. The maximum absolute atomic E-state index is 5.52. The third-order valence-corrected chi connectivity index (χ3v) is 4.12. The van der Waals surface area contributed by atoms with Crippen molar-refractivity contribution in [3.63, 3.8) is 0 Å². The molecule has 0 atom stereocenters. The van der Waals surface area contributed by atoms with Crippen molar-refractivity contribution in [2.24, 2.45) is 4.99 Å². The fourth-order valence-corrected chi connectivity index (χ4v) is 2.95. The number of H-pyrrole nitrogens is 2. The van der Waals surface area contributed by atoms with Crippen LogP contribution in [0.1, 0.15) is 17.0 Å². The predicted molar refractivity (Wildman–Crippen MR) is 93.3 cm³/mol. The van der Waals surface area contributed by atoms with E-state index in [9.17, 15) is 0 Å². The summed E-state index contributed by atoms with van der Waals surface area (Å²) in [6.07, 6.45) is 5.82. The minimum Gasteiger partial charge on any atom is -0.494 e. The van der Waals surface area contributed by atoms with E-state index in [1.807, 2.05) is 31.2 Å². The van der Waals surface area contributed by atoms with Gasteiger partial charge >= 0.3 is 0 Å². The molecule has 0 saturated carbocycles. The SMILES string of the molecule is COc1cc(=C2C=c3ncccc3=N2)[nH]c1=Cc1[nH]c(C)cc1C. The van der Waals surface area contributed by atoms with Crippen molar-refractivity contribution in [2.75, 3.05) is 7.11 Å². The molecule has 0 bridgehead atoms. The minimum absolute atomic E-state index is 0.789. The van der Waals surface area contributed by atoms with Gasteiger partial charge in [-0.25, -0.2) is 4.99 Å². The first-order chi connectivity index (χ1) is 11.6. The zero-order chi connectivity index (χ0) is 16.7. The summed E-state index contributed by atoms with van der Waals surface area (Å²) in [6.45, 7) is 4.14. The molecule has 0 amide bonds. The van der Waals surface area contributed by atoms with Gasteiger partial charge in [-0.2, -0.15) is 0 Å². The van der Waals surface area contributed by atoms with Crippen molar-refractivity contribution >= 4 is 17.8 Å². The first-order valence-electron chi connectivity index (χ1n) is 7.81. The number of hydrogen-bond donors (Lipinski definition) is 2. The predicted octanol–water partition coefficient (Wildman–Crippen LogP) is 0.414. The molecule has 0 spiro atoms. The van der Waals surface area contributed by atoms with Crippen molar-refractivity contribution < 1.29 is 4.74 Å². The Hall–Kier alpha value is -3.08. The molecule has 4 heterocycles. The molecule has 0 saturated heterocycles. The number of fused-ring (bicyclic) bond motifs is 1. The summed E-state index contributed by atoms with van der Waals surface area (Å²) in [4.78, 5) is 15.7. The maximum atomic E-state index is 5.52. The molecule has 0 aromatic carbocycles. The summed E-state index contributed by atoms with van der Waals surface area (Å²) in [5.74, 6) is 0.789. The monoisotopic (exact) mass is 318 g/mol. The van der Waals surface area contributed by atoms with Crippen LogP contribution in [0.3, 0.4) is 0 Å². The van der Waals surface area contributed by atoms with Crippen LogP contribution in [0.25, 0.3) is 17.8 Å². The van der Waals surface area contributed by atoms with Crippen LogP contribution < -0.4 is 26.1 Å². The Kier molecular flexibility index (Phi) is 3.34. The topological polar surface area (TPSA) is 66.1 Å². The molecule has 3 aromatic rings. The second-order valence-corrected chi connectivity index (χ2v) is 5.91. The third-order valence-electron chi connectivity index (χ3n) is 4.12. The summed E-state index contributed by atoms with van der Waals surface area (Å²) >= 11 is 0. The van der Waals surface area contributed by atoms with Crippen molar-refractivity contribution in [1.29, 1.82) is 0 Å².